The topological polar surface area (TPSA) is 52.5 Å². The van der Waals surface area contributed by atoms with Crippen LogP contribution < -0.4 is 0 Å². The first kappa shape index (κ1) is 16.7. The first-order valence-corrected chi connectivity index (χ1v) is 8.74. The van der Waals surface area contributed by atoms with E-state index in [4.69, 9.17) is 10.4 Å². The van der Waals surface area contributed by atoms with Crippen molar-refractivity contribution in [3.05, 3.63) is 33.9 Å². The second kappa shape index (κ2) is 7.05. The van der Waals surface area contributed by atoms with Crippen molar-refractivity contribution in [3.8, 4) is 11.3 Å². The number of nitrogens with zero attached hydrogens (tertiary/aromatic N) is 1. The molecule has 0 aliphatic heterocycles. The van der Waals surface area contributed by atoms with Crippen LogP contribution in [0.5, 0.6) is 0 Å². The fourth-order valence-electron chi connectivity index (χ4n) is 2.83. The average Bonchev–Trinajstić information content (AvgIpc) is 3.04. The van der Waals surface area contributed by atoms with Crippen molar-refractivity contribution in [3.63, 3.8) is 0 Å². The monoisotopic (exact) mass is 315 g/mol. The van der Waals surface area contributed by atoms with E-state index in [1.165, 1.54) is 10.4 Å². The number of rotatable bonds is 6. The van der Waals surface area contributed by atoms with E-state index < -0.39 is 0 Å². The highest BCUT2D eigenvalue weighted by Crippen LogP contribution is 2.32. The third-order valence-electron chi connectivity index (χ3n) is 4.07. The maximum Gasteiger partial charge on any atom is 0.134 e. The molecule has 2 N–H and O–H groups in total. The number of aromatic nitrogens is 2. The largest absolute Gasteiger partial charge is 0.342 e. The fourth-order valence-corrected chi connectivity index (χ4v) is 3.53. The summed E-state index contributed by atoms with van der Waals surface area (Å²) in [6, 6.07) is 2.13. The summed E-state index contributed by atoms with van der Waals surface area (Å²) in [5, 5.41) is 9.94. The molecule has 3 nitrogen and oxygen atoms in total. The van der Waals surface area contributed by atoms with Gasteiger partial charge in [0.05, 0.1) is 5.69 Å². The summed E-state index contributed by atoms with van der Waals surface area (Å²) in [6.45, 7) is 10.4. The van der Waals surface area contributed by atoms with Gasteiger partial charge < -0.3 is 10.4 Å². The maximum atomic E-state index is 7.84. The molecular weight excluding hydrogens is 290 g/mol. The van der Waals surface area contributed by atoms with Gasteiger partial charge in [0.2, 0.25) is 0 Å². The van der Waals surface area contributed by atoms with Crippen LogP contribution in [0.2, 0.25) is 0 Å². The molecule has 2 rings (SSSR count). The van der Waals surface area contributed by atoms with Crippen molar-refractivity contribution >= 4 is 22.6 Å². The zero-order valence-corrected chi connectivity index (χ0v) is 14.9. The standard InChI is InChI=1S/C18H25N3S/c1-6-14(7-2)16(10-11(3)19)18-20-12(4)17(21-18)15-8-9-22-13(15)5/h8-10,14,19H,6-7H2,1-5H3,(H,20,21)/b16-10-,19-11?. The number of allylic oxidation sites excluding steroid dienone is 2. The minimum Gasteiger partial charge on any atom is -0.342 e. The van der Waals surface area contributed by atoms with Crippen LogP contribution in [0.15, 0.2) is 17.5 Å². The number of thiophene rings is 1. The van der Waals surface area contributed by atoms with E-state index in [0.29, 0.717) is 11.6 Å². The Balaban J connectivity index is 2.51. The fraction of sp³-hybridized carbons (Fsp3) is 0.444. The first-order chi connectivity index (χ1) is 10.5. The van der Waals surface area contributed by atoms with Gasteiger partial charge in [-0.1, -0.05) is 13.8 Å². The summed E-state index contributed by atoms with van der Waals surface area (Å²) in [5.41, 5.74) is 5.06. The van der Waals surface area contributed by atoms with Crippen molar-refractivity contribution in [2.75, 3.05) is 0 Å². The molecule has 2 heterocycles. The second-order valence-electron chi connectivity index (χ2n) is 5.75. The summed E-state index contributed by atoms with van der Waals surface area (Å²) >= 11 is 1.75. The van der Waals surface area contributed by atoms with Crippen molar-refractivity contribution in [1.82, 2.24) is 9.97 Å². The van der Waals surface area contributed by atoms with Crippen molar-refractivity contribution < 1.29 is 0 Å². The van der Waals surface area contributed by atoms with E-state index in [2.05, 4.69) is 44.1 Å². The lowest BCUT2D eigenvalue weighted by Crippen LogP contribution is -2.04. The average molecular weight is 315 g/mol. The van der Waals surface area contributed by atoms with E-state index in [9.17, 15) is 0 Å². The Labute approximate surface area is 137 Å². The Kier molecular flexibility index (Phi) is 5.35. The molecule has 0 unspecified atom stereocenters. The molecule has 0 saturated heterocycles. The van der Waals surface area contributed by atoms with Crippen LogP contribution >= 0.6 is 11.3 Å². The van der Waals surface area contributed by atoms with Crippen LogP contribution in [0, 0.1) is 25.2 Å². The summed E-state index contributed by atoms with van der Waals surface area (Å²) < 4.78 is 0. The lowest BCUT2D eigenvalue weighted by molar-refractivity contribution is 0.620. The van der Waals surface area contributed by atoms with Crippen molar-refractivity contribution in [1.29, 1.82) is 5.41 Å². The maximum absolute atomic E-state index is 7.84. The van der Waals surface area contributed by atoms with Crippen LogP contribution in [0.3, 0.4) is 0 Å². The number of H-pyrrole nitrogens is 1. The van der Waals surface area contributed by atoms with Gasteiger partial charge in [-0.2, -0.15) is 0 Å². The molecule has 0 saturated carbocycles. The molecule has 2 aromatic rings. The van der Waals surface area contributed by atoms with E-state index in [0.717, 1.165) is 35.6 Å². The summed E-state index contributed by atoms with van der Waals surface area (Å²) in [5.74, 6) is 1.35. The summed E-state index contributed by atoms with van der Waals surface area (Å²) in [7, 11) is 0. The van der Waals surface area contributed by atoms with Crippen LogP contribution in [0.1, 0.15) is 50.0 Å². The Morgan fingerprint density at radius 3 is 2.55 bits per heavy atom. The van der Waals surface area contributed by atoms with E-state index in [-0.39, 0.29) is 0 Å². The van der Waals surface area contributed by atoms with Gasteiger partial charge in [0, 0.05) is 21.8 Å². The molecule has 22 heavy (non-hydrogen) atoms. The van der Waals surface area contributed by atoms with Gasteiger partial charge in [0.1, 0.15) is 5.82 Å². The number of imidazole rings is 1. The molecular formula is C18H25N3S. The molecule has 2 aromatic heterocycles. The SMILES string of the molecule is CCC(CC)/C(=C/C(C)=N)c1nc(-c2ccsc2C)c(C)[nH]1. The predicted molar refractivity (Wildman–Crippen MR) is 96.8 cm³/mol. The zero-order valence-electron chi connectivity index (χ0n) is 14.1. The van der Waals surface area contributed by atoms with E-state index >= 15 is 0 Å². The highest BCUT2D eigenvalue weighted by molar-refractivity contribution is 7.10. The Morgan fingerprint density at radius 2 is 2.05 bits per heavy atom. The summed E-state index contributed by atoms with van der Waals surface area (Å²) in [4.78, 5) is 9.60. The molecule has 0 amide bonds. The van der Waals surface area contributed by atoms with Crippen LogP contribution in [-0.4, -0.2) is 15.7 Å². The molecule has 0 spiro atoms. The highest BCUT2D eigenvalue weighted by atomic mass is 32.1. The molecule has 0 fully saturated rings. The molecule has 0 aliphatic rings. The number of hydrogen-bond acceptors (Lipinski definition) is 3. The van der Waals surface area contributed by atoms with Crippen molar-refractivity contribution in [2.45, 2.75) is 47.5 Å². The van der Waals surface area contributed by atoms with Gasteiger partial charge >= 0.3 is 0 Å². The third kappa shape index (κ3) is 3.38. The van der Waals surface area contributed by atoms with Crippen molar-refractivity contribution in [2.24, 2.45) is 5.92 Å². The number of aromatic amines is 1. The number of aryl methyl sites for hydroxylation is 2. The lowest BCUT2D eigenvalue weighted by atomic mass is 9.92. The Bertz CT molecular complexity index is 687. The van der Waals surface area contributed by atoms with Gasteiger partial charge in [-0.25, -0.2) is 4.98 Å². The van der Waals surface area contributed by atoms with E-state index in [1.54, 1.807) is 11.3 Å². The Hall–Kier alpha value is -1.68. The molecule has 4 heteroatoms. The normalized spacial score (nSPS) is 12.2. The number of nitrogens with one attached hydrogen (secondary N) is 2. The molecule has 0 aliphatic carbocycles. The van der Waals surface area contributed by atoms with Gasteiger partial charge in [0.15, 0.2) is 0 Å². The van der Waals surface area contributed by atoms with Gasteiger partial charge in [-0.05, 0) is 62.6 Å². The zero-order chi connectivity index (χ0) is 16.3. The molecule has 0 aromatic carbocycles. The number of hydrogen-bond donors (Lipinski definition) is 2. The molecule has 0 bridgehead atoms. The van der Waals surface area contributed by atoms with Crippen LogP contribution in [0.25, 0.3) is 16.8 Å². The van der Waals surface area contributed by atoms with E-state index in [1.807, 2.05) is 13.0 Å². The molecule has 0 radical (unpaired) electrons. The lowest BCUT2D eigenvalue weighted by Gasteiger charge is -2.15. The first-order valence-electron chi connectivity index (χ1n) is 7.86. The van der Waals surface area contributed by atoms with Crippen LogP contribution in [0.4, 0.5) is 0 Å². The molecule has 118 valence electrons. The van der Waals surface area contributed by atoms with Gasteiger partial charge in [0.25, 0.3) is 0 Å². The molecule has 0 atom stereocenters. The highest BCUT2D eigenvalue weighted by Gasteiger charge is 2.19. The Morgan fingerprint density at radius 1 is 1.36 bits per heavy atom. The van der Waals surface area contributed by atoms with Gasteiger partial charge in [-0.15, -0.1) is 11.3 Å². The summed E-state index contributed by atoms with van der Waals surface area (Å²) in [6.07, 6.45) is 4.07. The second-order valence-corrected chi connectivity index (χ2v) is 6.87. The van der Waals surface area contributed by atoms with Gasteiger partial charge in [-0.3, -0.25) is 0 Å². The smallest absolute Gasteiger partial charge is 0.134 e. The quantitative estimate of drug-likeness (QED) is 0.668. The minimum atomic E-state index is 0.433. The van der Waals surface area contributed by atoms with Crippen LogP contribution in [-0.2, 0) is 0 Å². The third-order valence-corrected chi connectivity index (χ3v) is 4.92. The minimum absolute atomic E-state index is 0.433. The predicted octanol–water partition coefficient (Wildman–Crippen LogP) is 5.61.